The van der Waals surface area contributed by atoms with Crippen molar-refractivity contribution in [3.8, 4) is 0 Å². The molecule has 1 aromatic rings. The Morgan fingerprint density at radius 3 is 2.25 bits per heavy atom. The first-order valence-corrected chi connectivity index (χ1v) is 8.68. The summed E-state index contributed by atoms with van der Waals surface area (Å²) in [4.78, 5) is 0. The molecular weight excluding hydrogens is 242 g/mol. The lowest BCUT2D eigenvalue weighted by Crippen LogP contribution is -2.51. The van der Waals surface area contributed by atoms with E-state index in [0.29, 0.717) is 0 Å². The molecule has 0 atom stereocenters. The van der Waals surface area contributed by atoms with Crippen LogP contribution in [0.2, 0.25) is 0 Å². The van der Waals surface area contributed by atoms with Gasteiger partial charge >= 0.3 is 0 Å². The highest BCUT2D eigenvalue weighted by Gasteiger charge is 2.48. The average molecular weight is 269 g/mol. The van der Waals surface area contributed by atoms with Crippen molar-refractivity contribution < 1.29 is 0 Å². The minimum atomic E-state index is 0.765. The van der Waals surface area contributed by atoms with Crippen LogP contribution in [-0.2, 0) is 6.42 Å². The minimum absolute atomic E-state index is 0.765. The molecule has 0 spiro atoms. The van der Waals surface area contributed by atoms with Crippen LogP contribution in [0.25, 0.3) is 0 Å². The lowest BCUT2D eigenvalue weighted by atomic mass is 9.54. The van der Waals surface area contributed by atoms with Crippen molar-refractivity contribution in [3.63, 3.8) is 0 Å². The molecular formula is C19H27N. The molecule has 4 bridgehead atoms. The van der Waals surface area contributed by atoms with Gasteiger partial charge in [-0.1, -0.05) is 31.5 Å². The number of para-hydroxylation sites is 1. The molecule has 20 heavy (non-hydrogen) atoms. The van der Waals surface area contributed by atoms with Gasteiger partial charge in [0.05, 0.1) is 0 Å². The normalized spacial score (nSPS) is 38.1. The van der Waals surface area contributed by atoms with E-state index < -0.39 is 0 Å². The Hall–Kier alpha value is -0.980. The van der Waals surface area contributed by atoms with Crippen LogP contribution in [-0.4, -0.2) is 6.04 Å². The van der Waals surface area contributed by atoms with Crippen molar-refractivity contribution in [1.29, 1.82) is 0 Å². The van der Waals surface area contributed by atoms with Crippen LogP contribution in [0, 0.1) is 23.7 Å². The predicted molar refractivity (Wildman–Crippen MR) is 84.9 cm³/mol. The van der Waals surface area contributed by atoms with Crippen molar-refractivity contribution in [2.75, 3.05) is 5.32 Å². The zero-order valence-electron chi connectivity index (χ0n) is 12.6. The maximum absolute atomic E-state index is 3.98. The van der Waals surface area contributed by atoms with E-state index in [1.165, 1.54) is 49.8 Å². The quantitative estimate of drug-likeness (QED) is 0.821. The van der Waals surface area contributed by atoms with Gasteiger partial charge in [0.2, 0.25) is 0 Å². The molecule has 1 heteroatoms. The summed E-state index contributed by atoms with van der Waals surface area (Å²) in [5.41, 5.74) is 2.94. The maximum atomic E-state index is 3.98. The monoisotopic (exact) mass is 269 g/mol. The number of hydrogen-bond acceptors (Lipinski definition) is 1. The molecule has 1 nitrogen and oxygen atoms in total. The fraction of sp³-hybridized carbons (Fsp3) is 0.684. The standard InChI is InChI=1S/C19H27N/c1-2-5-15-6-3-4-7-18(15)20-19-16-9-13-8-14(11-16)12-17(19)10-13/h3-4,6-7,13-14,16-17,19-20H,2,5,8-12H2,1H3. The second-order valence-electron chi connectivity index (χ2n) is 7.51. The van der Waals surface area contributed by atoms with E-state index in [2.05, 4.69) is 36.5 Å². The molecule has 108 valence electrons. The van der Waals surface area contributed by atoms with Gasteiger partial charge in [-0.25, -0.2) is 0 Å². The minimum Gasteiger partial charge on any atom is -0.382 e. The summed E-state index contributed by atoms with van der Waals surface area (Å²) in [6.45, 7) is 2.28. The molecule has 4 aliphatic rings. The Bertz CT molecular complexity index is 450. The highest BCUT2D eigenvalue weighted by atomic mass is 15.0. The lowest BCUT2D eigenvalue weighted by Gasteiger charge is -2.54. The Kier molecular flexibility index (Phi) is 3.24. The van der Waals surface area contributed by atoms with E-state index in [-0.39, 0.29) is 0 Å². The number of aryl methyl sites for hydroxylation is 1. The van der Waals surface area contributed by atoms with Gasteiger partial charge in [-0.2, -0.15) is 0 Å². The van der Waals surface area contributed by atoms with E-state index in [1.807, 2.05) is 0 Å². The smallest absolute Gasteiger partial charge is 0.0375 e. The SMILES string of the molecule is CCCc1ccccc1NC1C2CC3CC(C2)CC1C3. The van der Waals surface area contributed by atoms with Gasteiger partial charge in [0.1, 0.15) is 0 Å². The fourth-order valence-electron chi connectivity index (χ4n) is 5.49. The van der Waals surface area contributed by atoms with Crippen LogP contribution in [0.15, 0.2) is 24.3 Å². The zero-order chi connectivity index (χ0) is 13.5. The fourth-order valence-corrected chi connectivity index (χ4v) is 5.49. The zero-order valence-corrected chi connectivity index (χ0v) is 12.6. The molecule has 0 unspecified atom stereocenters. The predicted octanol–water partition coefficient (Wildman–Crippen LogP) is 4.88. The summed E-state index contributed by atoms with van der Waals surface area (Å²) in [6.07, 6.45) is 9.99. The Morgan fingerprint density at radius 1 is 0.950 bits per heavy atom. The Balaban J connectivity index is 1.54. The molecule has 4 saturated carbocycles. The largest absolute Gasteiger partial charge is 0.382 e. The van der Waals surface area contributed by atoms with Crippen molar-refractivity contribution in [3.05, 3.63) is 29.8 Å². The third-order valence-corrected chi connectivity index (χ3v) is 6.09. The lowest BCUT2D eigenvalue weighted by molar-refractivity contribution is 0.00752. The van der Waals surface area contributed by atoms with Gasteiger partial charge in [0, 0.05) is 11.7 Å². The summed E-state index contributed by atoms with van der Waals surface area (Å²) in [5, 5.41) is 3.98. The molecule has 0 heterocycles. The van der Waals surface area contributed by atoms with Crippen LogP contribution in [0.1, 0.15) is 51.0 Å². The Labute approximate surface area is 123 Å². The molecule has 5 rings (SSSR count). The summed E-state index contributed by atoms with van der Waals surface area (Å²) >= 11 is 0. The van der Waals surface area contributed by atoms with E-state index in [9.17, 15) is 0 Å². The molecule has 0 aromatic heterocycles. The molecule has 1 N–H and O–H groups in total. The van der Waals surface area contributed by atoms with Crippen LogP contribution >= 0.6 is 0 Å². The third-order valence-electron chi connectivity index (χ3n) is 6.09. The first-order valence-electron chi connectivity index (χ1n) is 8.68. The molecule has 0 radical (unpaired) electrons. The van der Waals surface area contributed by atoms with Crippen LogP contribution < -0.4 is 5.32 Å². The molecule has 0 aliphatic heterocycles. The van der Waals surface area contributed by atoms with Gasteiger partial charge in [-0.3, -0.25) is 0 Å². The molecule has 0 amide bonds. The number of benzene rings is 1. The summed E-state index contributed by atoms with van der Waals surface area (Å²) in [7, 11) is 0. The maximum Gasteiger partial charge on any atom is 0.0375 e. The van der Waals surface area contributed by atoms with Crippen molar-refractivity contribution in [1.82, 2.24) is 0 Å². The molecule has 0 saturated heterocycles. The van der Waals surface area contributed by atoms with Gasteiger partial charge in [0.15, 0.2) is 0 Å². The highest BCUT2D eigenvalue weighted by molar-refractivity contribution is 5.52. The van der Waals surface area contributed by atoms with Crippen LogP contribution in [0.4, 0.5) is 5.69 Å². The van der Waals surface area contributed by atoms with Crippen LogP contribution in [0.3, 0.4) is 0 Å². The summed E-state index contributed by atoms with van der Waals surface area (Å²) in [6, 6.07) is 9.75. The van der Waals surface area contributed by atoms with E-state index in [0.717, 1.165) is 29.7 Å². The molecule has 4 fully saturated rings. The van der Waals surface area contributed by atoms with Crippen LogP contribution in [0.5, 0.6) is 0 Å². The van der Waals surface area contributed by atoms with Crippen molar-refractivity contribution in [2.45, 2.75) is 57.9 Å². The third kappa shape index (κ3) is 2.16. The van der Waals surface area contributed by atoms with E-state index in [4.69, 9.17) is 0 Å². The van der Waals surface area contributed by atoms with Gasteiger partial charge in [-0.05, 0) is 73.8 Å². The first kappa shape index (κ1) is 12.7. The topological polar surface area (TPSA) is 12.0 Å². The second-order valence-corrected chi connectivity index (χ2v) is 7.51. The Morgan fingerprint density at radius 2 is 1.60 bits per heavy atom. The second kappa shape index (κ2) is 5.09. The van der Waals surface area contributed by atoms with E-state index in [1.54, 1.807) is 6.42 Å². The van der Waals surface area contributed by atoms with E-state index >= 15 is 0 Å². The molecule has 4 aliphatic carbocycles. The number of anilines is 1. The highest BCUT2D eigenvalue weighted by Crippen LogP contribution is 2.54. The summed E-state index contributed by atoms with van der Waals surface area (Å²) < 4.78 is 0. The van der Waals surface area contributed by atoms with Crippen molar-refractivity contribution in [2.24, 2.45) is 23.7 Å². The van der Waals surface area contributed by atoms with Gasteiger partial charge < -0.3 is 5.32 Å². The van der Waals surface area contributed by atoms with Crippen molar-refractivity contribution >= 4 is 5.69 Å². The average Bonchev–Trinajstić information content (AvgIpc) is 2.44. The number of hydrogen-bond donors (Lipinski definition) is 1. The number of rotatable bonds is 4. The van der Waals surface area contributed by atoms with Gasteiger partial charge in [0.25, 0.3) is 0 Å². The number of nitrogens with one attached hydrogen (secondary N) is 1. The summed E-state index contributed by atoms with van der Waals surface area (Å²) in [5.74, 6) is 4.06. The van der Waals surface area contributed by atoms with Gasteiger partial charge in [-0.15, -0.1) is 0 Å². The molecule has 1 aromatic carbocycles. The first-order chi connectivity index (χ1) is 9.83.